The minimum Gasteiger partial charge on any atom is -0.488 e. The van der Waals surface area contributed by atoms with Crippen LogP contribution < -0.4 is 10.1 Å². The number of nitrogens with one attached hydrogen (secondary N) is 1. The smallest absolute Gasteiger partial charge is 0.123 e. The van der Waals surface area contributed by atoms with Crippen molar-refractivity contribution in [2.24, 2.45) is 5.92 Å². The summed E-state index contributed by atoms with van der Waals surface area (Å²) in [6.07, 6.45) is 3.41. The molecule has 0 saturated heterocycles. The fourth-order valence-electron chi connectivity index (χ4n) is 2.33. The van der Waals surface area contributed by atoms with Crippen LogP contribution in [0.3, 0.4) is 0 Å². The van der Waals surface area contributed by atoms with Crippen LogP contribution in [-0.2, 0) is 6.42 Å². The lowest BCUT2D eigenvalue weighted by Gasteiger charge is -2.12. The van der Waals surface area contributed by atoms with E-state index in [1.807, 2.05) is 12.1 Å². The van der Waals surface area contributed by atoms with Gasteiger partial charge in [0.1, 0.15) is 11.9 Å². The maximum atomic E-state index is 8.94. The second kappa shape index (κ2) is 7.27. The Balaban J connectivity index is 1.64. The molecule has 0 bridgehead atoms. The number of aliphatic hydroxyl groups is 1. The van der Waals surface area contributed by atoms with Gasteiger partial charge in [-0.1, -0.05) is 22.9 Å². The number of hydrogen-bond acceptors (Lipinski definition) is 3. The first-order valence-electron chi connectivity index (χ1n) is 6.95. The lowest BCUT2D eigenvalue weighted by atomic mass is 10.1. The van der Waals surface area contributed by atoms with Gasteiger partial charge in [0.25, 0.3) is 0 Å². The van der Waals surface area contributed by atoms with E-state index in [1.165, 1.54) is 5.56 Å². The zero-order valence-corrected chi connectivity index (χ0v) is 12.9. The first-order chi connectivity index (χ1) is 9.19. The number of fused-ring (bicyclic) bond motifs is 1. The first kappa shape index (κ1) is 14.8. The van der Waals surface area contributed by atoms with Crippen molar-refractivity contribution in [3.8, 4) is 5.75 Å². The fraction of sp³-hybridized carbons (Fsp3) is 0.600. The normalized spacial score (nSPS) is 19.0. The highest BCUT2D eigenvalue weighted by atomic mass is 79.9. The molecule has 19 heavy (non-hydrogen) atoms. The molecule has 2 N–H and O–H groups in total. The summed E-state index contributed by atoms with van der Waals surface area (Å²) in [5, 5.41) is 12.4. The summed E-state index contributed by atoms with van der Waals surface area (Å²) in [4.78, 5) is 0. The Morgan fingerprint density at radius 1 is 1.53 bits per heavy atom. The Hall–Kier alpha value is -0.580. The summed E-state index contributed by atoms with van der Waals surface area (Å²) in [7, 11) is 0. The predicted octanol–water partition coefficient (Wildman–Crippen LogP) is 2.75. The maximum Gasteiger partial charge on any atom is 0.123 e. The zero-order chi connectivity index (χ0) is 13.7. The van der Waals surface area contributed by atoms with Crippen molar-refractivity contribution in [2.75, 3.05) is 19.7 Å². The van der Waals surface area contributed by atoms with E-state index in [1.54, 1.807) is 0 Å². The van der Waals surface area contributed by atoms with Crippen LogP contribution in [0.15, 0.2) is 22.7 Å². The molecule has 1 aliphatic heterocycles. The van der Waals surface area contributed by atoms with Crippen molar-refractivity contribution < 1.29 is 9.84 Å². The van der Waals surface area contributed by atoms with E-state index in [2.05, 4.69) is 34.2 Å². The van der Waals surface area contributed by atoms with Gasteiger partial charge in [-0.25, -0.2) is 0 Å². The largest absolute Gasteiger partial charge is 0.488 e. The van der Waals surface area contributed by atoms with E-state index in [0.717, 1.165) is 42.6 Å². The molecule has 4 heteroatoms. The molecule has 1 aromatic carbocycles. The number of aliphatic hydroxyl groups excluding tert-OH is 1. The third-order valence-electron chi connectivity index (χ3n) is 3.50. The highest BCUT2D eigenvalue weighted by Crippen LogP contribution is 2.30. The number of benzene rings is 1. The minimum absolute atomic E-state index is 0.250. The van der Waals surface area contributed by atoms with Gasteiger partial charge in [-0.05, 0) is 49.1 Å². The molecule has 3 nitrogen and oxygen atoms in total. The second-order valence-corrected chi connectivity index (χ2v) is 6.25. The molecule has 0 saturated carbocycles. The zero-order valence-electron chi connectivity index (χ0n) is 11.4. The molecule has 1 aromatic rings. The number of ether oxygens (including phenoxy) is 1. The minimum atomic E-state index is 0.250. The van der Waals surface area contributed by atoms with Crippen molar-refractivity contribution in [1.29, 1.82) is 0 Å². The van der Waals surface area contributed by atoms with Crippen molar-refractivity contribution in [3.63, 3.8) is 0 Å². The van der Waals surface area contributed by atoms with E-state index in [-0.39, 0.29) is 12.7 Å². The Labute approximate surface area is 123 Å². The molecule has 2 rings (SSSR count). The van der Waals surface area contributed by atoms with Crippen LogP contribution in [0.5, 0.6) is 5.75 Å². The average Bonchev–Trinajstić information content (AvgIpc) is 2.79. The van der Waals surface area contributed by atoms with Crippen molar-refractivity contribution >= 4 is 15.9 Å². The van der Waals surface area contributed by atoms with Gasteiger partial charge in [0.05, 0.1) is 0 Å². The van der Waals surface area contributed by atoms with Crippen molar-refractivity contribution in [1.82, 2.24) is 5.32 Å². The van der Waals surface area contributed by atoms with Gasteiger partial charge in [0, 0.05) is 24.0 Å². The average molecular weight is 328 g/mol. The van der Waals surface area contributed by atoms with Crippen LogP contribution in [0.25, 0.3) is 0 Å². The highest BCUT2D eigenvalue weighted by molar-refractivity contribution is 9.10. The molecular formula is C15H22BrNO2. The third-order valence-corrected chi connectivity index (χ3v) is 3.99. The standard InChI is InChI=1S/C15H22BrNO2/c1-11(10-18)3-2-6-17-9-14-8-12-7-13(16)4-5-15(12)19-14/h4-5,7,11,14,17-18H,2-3,6,8-10H2,1H3. The van der Waals surface area contributed by atoms with Crippen molar-refractivity contribution in [2.45, 2.75) is 32.3 Å². The lowest BCUT2D eigenvalue weighted by Crippen LogP contribution is -2.30. The van der Waals surface area contributed by atoms with Gasteiger partial charge in [0.2, 0.25) is 0 Å². The van der Waals surface area contributed by atoms with Crippen LogP contribution in [0.2, 0.25) is 0 Å². The van der Waals surface area contributed by atoms with E-state index in [0.29, 0.717) is 5.92 Å². The van der Waals surface area contributed by atoms with Gasteiger partial charge in [-0.15, -0.1) is 0 Å². The quantitative estimate of drug-likeness (QED) is 0.756. The molecule has 0 aliphatic carbocycles. The molecule has 0 aromatic heterocycles. The Morgan fingerprint density at radius 3 is 3.16 bits per heavy atom. The fourth-order valence-corrected chi connectivity index (χ4v) is 2.74. The van der Waals surface area contributed by atoms with Gasteiger partial charge >= 0.3 is 0 Å². The monoisotopic (exact) mass is 327 g/mol. The molecule has 0 spiro atoms. The topological polar surface area (TPSA) is 41.5 Å². The molecule has 1 aliphatic rings. The van der Waals surface area contributed by atoms with Crippen LogP contribution in [0.4, 0.5) is 0 Å². The van der Waals surface area contributed by atoms with Crippen LogP contribution in [0.1, 0.15) is 25.3 Å². The number of rotatable bonds is 7. The van der Waals surface area contributed by atoms with Gasteiger partial charge in [-0.3, -0.25) is 0 Å². The van der Waals surface area contributed by atoms with E-state index in [4.69, 9.17) is 9.84 Å². The molecule has 2 unspecified atom stereocenters. The van der Waals surface area contributed by atoms with Gasteiger partial charge in [-0.2, -0.15) is 0 Å². The molecule has 0 amide bonds. The SMILES string of the molecule is CC(CO)CCCNCC1Cc2cc(Br)ccc2O1. The maximum absolute atomic E-state index is 8.94. The molecular weight excluding hydrogens is 306 g/mol. The number of hydrogen-bond donors (Lipinski definition) is 2. The second-order valence-electron chi connectivity index (χ2n) is 5.33. The van der Waals surface area contributed by atoms with Crippen LogP contribution >= 0.6 is 15.9 Å². The molecule has 0 fully saturated rings. The summed E-state index contributed by atoms with van der Waals surface area (Å²) in [5.74, 6) is 1.43. The third kappa shape index (κ3) is 4.48. The van der Waals surface area contributed by atoms with Crippen LogP contribution in [-0.4, -0.2) is 30.9 Å². The Bertz CT molecular complexity index is 411. The summed E-state index contributed by atoms with van der Waals surface area (Å²) in [5.41, 5.74) is 1.29. The predicted molar refractivity (Wildman–Crippen MR) is 80.6 cm³/mol. The summed E-state index contributed by atoms with van der Waals surface area (Å²) in [6, 6.07) is 6.19. The molecule has 0 radical (unpaired) electrons. The van der Waals surface area contributed by atoms with Crippen LogP contribution in [0, 0.1) is 5.92 Å². The van der Waals surface area contributed by atoms with E-state index in [9.17, 15) is 0 Å². The van der Waals surface area contributed by atoms with Gasteiger partial charge in [0.15, 0.2) is 0 Å². The summed E-state index contributed by atoms with van der Waals surface area (Å²) < 4.78 is 7.00. The first-order valence-corrected chi connectivity index (χ1v) is 7.75. The molecule has 2 atom stereocenters. The summed E-state index contributed by atoms with van der Waals surface area (Å²) in [6.45, 7) is 4.24. The molecule has 1 heterocycles. The highest BCUT2D eigenvalue weighted by Gasteiger charge is 2.22. The van der Waals surface area contributed by atoms with E-state index >= 15 is 0 Å². The van der Waals surface area contributed by atoms with E-state index < -0.39 is 0 Å². The summed E-state index contributed by atoms with van der Waals surface area (Å²) >= 11 is 3.49. The van der Waals surface area contributed by atoms with Crippen molar-refractivity contribution in [3.05, 3.63) is 28.2 Å². The lowest BCUT2D eigenvalue weighted by molar-refractivity contribution is 0.219. The Kier molecular flexibility index (Phi) is 5.67. The Morgan fingerprint density at radius 2 is 2.37 bits per heavy atom. The molecule has 106 valence electrons. The number of halogens is 1. The van der Waals surface area contributed by atoms with Gasteiger partial charge < -0.3 is 15.2 Å².